The van der Waals surface area contributed by atoms with E-state index in [2.05, 4.69) is 15.9 Å². The molecular weight excluding hydrogens is 348 g/mol. The lowest BCUT2D eigenvalue weighted by Crippen LogP contribution is -2.35. The van der Waals surface area contributed by atoms with Crippen LogP contribution in [0.1, 0.15) is 22.1 Å². The Morgan fingerprint density at radius 1 is 1.09 bits per heavy atom. The lowest BCUT2D eigenvalue weighted by atomic mass is 10.1. The summed E-state index contributed by atoms with van der Waals surface area (Å²) in [5, 5.41) is 1.61. The molecule has 1 atom stereocenters. The van der Waals surface area contributed by atoms with E-state index in [-0.39, 0.29) is 0 Å². The first-order chi connectivity index (χ1) is 10.6. The molecular formula is C16H11BrN2O3. The number of amides is 1. The smallest absolute Gasteiger partial charge is 0.283 e. The quantitative estimate of drug-likeness (QED) is 0.735. The molecule has 0 saturated carbocycles. The summed E-state index contributed by atoms with van der Waals surface area (Å²) in [5.74, 6) is -1.05. The maximum absolute atomic E-state index is 12.4. The van der Waals surface area contributed by atoms with Gasteiger partial charge in [-0.15, -0.1) is 0 Å². The number of halogens is 1. The fourth-order valence-electron chi connectivity index (χ4n) is 2.89. The molecule has 0 saturated heterocycles. The van der Waals surface area contributed by atoms with Crippen LogP contribution in [0.25, 0.3) is 0 Å². The van der Waals surface area contributed by atoms with E-state index >= 15 is 0 Å². The van der Waals surface area contributed by atoms with Crippen molar-refractivity contribution < 1.29 is 14.4 Å². The summed E-state index contributed by atoms with van der Waals surface area (Å²) >= 11 is 3.43. The Balaban J connectivity index is 1.85. The molecule has 2 aromatic carbocycles. The molecule has 1 unspecified atom stereocenters. The van der Waals surface area contributed by atoms with Crippen molar-refractivity contribution in [1.29, 1.82) is 0 Å². The zero-order chi connectivity index (χ0) is 15.4. The molecule has 0 aliphatic carbocycles. The maximum Gasteiger partial charge on any atom is 0.301 e. The number of benzene rings is 2. The second-order valence-corrected chi connectivity index (χ2v) is 6.10. The van der Waals surface area contributed by atoms with Crippen LogP contribution >= 0.6 is 15.9 Å². The van der Waals surface area contributed by atoms with Gasteiger partial charge in [0, 0.05) is 17.1 Å². The van der Waals surface area contributed by atoms with Gasteiger partial charge in [-0.3, -0.25) is 19.6 Å². The van der Waals surface area contributed by atoms with Crippen LogP contribution in [0.4, 0.5) is 11.4 Å². The molecule has 2 aromatic rings. The number of ketones is 1. The predicted octanol–water partition coefficient (Wildman–Crippen LogP) is 3.06. The second-order valence-electron chi connectivity index (χ2n) is 5.18. The second kappa shape index (κ2) is 4.66. The number of carbonyl (C=O) groups excluding carboxylic acids is 2. The summed E-state index contributed by atoms with van der Waals surface area (Å²) < 4.78 is 0.923. The van der Waals surface area contributed by atoms with E-state index in [1.54, 1.807) is 36.4 Å². The standard InChI is InChI=1S/C16H11BrN2O3/c1-18-13-8-9(17)6-7-11(13)16(22-18)19-12-5-3-2-4-10(12)14(20)15(19)21/h2-8,16H,1H3. The van der Waals surface area contributed by atoms with Crippen LogP contribution < -0.4 is 9.96 Å². The number of hydroxylamine groups is 1. The van der Waals surface area contributed by atoms with Gasteiger partial charge in [-0.2, -0.15) is 0 Å². The SMILES string of the molecule is CN1OC(N2C(=O)C(=O)c3ccccc32)c2ccc(Br)cc21. The van der Waals surface area contributed by atoms with Gasteiger partial charge in [0.25, 0.3) is 5.78 Å². The van der Waals surface area contributed by atoms with Crippen LogP contribution in [0.3, 0.4) is 0 Å². The first-order valence-corrected chi connectivity index (χ1v) is 7.54. The Hall–Kier alpha value is -2.18. The van der Waals surface area contributed by atoms with Crippen molar-refractivity contribution in [3.63, 3.8) is 0 Å². The average Bonchev–Trinajstić information content (AvgIpc) is 2.96. The third kappa shape index (κ3) is 1.74. The number of anilines is 2. The minimum absolute atomic E-state index is 0.421. The number of carbonyl (C=O) groups is 2. The van der Waals surface area contributed by atoms with Crippen LogP contribution in [0, 0.1) is 0 Å². The van der Waals surface area contributed by atoms with E-state index in [1.165, 1.54) is 4.90 Å². The third-order valence-corrected chi connectivity index (χ3v) is 4.40. The highest BCUT2D eigenvalue weighted by atomic mass is 79.9. The highest BCUT2D eigenvalue weighted by Gasteiger charge is 2.44. The van der Waals surface area contributed by atoms with Gasteiger partial charge in [0.05, 0.1) is 16.9 Å². The Morgan fingerprint density at radius 3 is 2.68 bits per heavy atom. The number of rotatable bonds is 1. The lowest BCUT2D eigenvalue weighted by Gasteiger charge is -2.24. The highest BCUT2D eigenvalue weighted by Crippen LogP contribution is 2.44. The lowest BCUT2D eigenvalue weighted by molar-refractivity contribution is -0.116. The number of para-hydroxylation sites is 1. The average molecular weight is 359 g/mol. The van der Waals surface area contributed by atoms with Crippen molar-refractivity contribution in [2.75, 3.05) is 17.0 Å². The van der Waals surface area contributed by atoms with E-state index in [9.17, 15) is 9.59 Å². The Labute approximate surface area is 135 Å². The van der Waals surface area contributed by atoms with Crippen molar-refractivity contribution in [2.45, 2.75) is 6.23 Å². The first kappa shape index (κ1) is 13.5. The van der Waals surface area contributed by atoms with Crippen molar-refractivity contribution in [3.05, 3.63) is 58.1 Å². The van der Waals surface area contributed by atoms with Gasteiger partial charge in [0.15, 0.2) is 6.23 Å². The van der Waals surface area contributed by atoms with Gasteiger partial charge in [-0.05, 0) is 24.3 Å². The van der Waals surface area contributed by atoms with Gasteiger partial charge in [0.1, 0.15) is 0 Å². The molecule has 22 heavy (non-hydrogen) atoms. The molecule has 0 bridgehead atoms. The predicted molar refractivity (Wildman–Crippen MR) is 84.6 cm³/mol. The van der Waals surface area contributed by atoms with Gasteiger partial charge in [-0.25, -0.2) is 4.84 Å². The van der Waals surface area contributed by atoms with E-state index in [4.69, 9.17) is 4.84 Å². The molecule has 5 nitrogen and oxygen atoms in total. The topological polar surface area (TPSA) is 49.9 Å². The number of fused-ring (bicyclic) bond motifs is 2. The molecule has 0 fully saturated rings. The fourth-order valence-corrected chi connectivity index (χ4v) is 3.24. The molecule has 0 radical (unpaired) electrons. The van der Waals surface area contributed by atoms with E-state index in [1.807, 2.05) is 18.2 Å². The van der Waals surface area contributed by atoms with Crippen LogP contribution in [0.5, 0.6) is 0 Å². The van der Waals surface area contributed by atoms with Crippen molar-refractivity contribution in [2.24, 2.45) is 0 Å². The summed E-state index contributed by atoms with van der Waals surface area (Å²) in [5.41, 5.74) is 2.73. The van der Waals surface area contributed by atoms with Gasteiger partial charge < -0.3 is 0 Å². The Bertz CT molecular complexity index is 821. The van der Waals surface area contributed by atoms with Crippen LogP contribution in [0.2, 0.25) is 0 Å². The number of hydrogen-bond donors (Lipinski definition) is 0. The van der Waals surface area contributed by atoms with Crippen molar-refractivity contribution >= 4 is 39.0 Å². The van der Waals surface area contributed by atoms with Gasteiger partial charge in [0.2, 0.25) is 0 Å². The number of Topliss-reactive ketones (excluding diaryl/α,β-unsaturated/α-hetero) is 1. The molecule has 110 valence electrons. The molecule has 1 amide bonds. The van der Waals surface area contributed by atoms with Crippen molar-refractivity contribution in [1.82, 2.24) is 0 Å². The Kier molecular flexibility index (Phi) is 2.85. The van der Waals surface area contributed by atoms with Crippen LogP contribution in [-0.2, 0) is 9.63 Å². The summed E-state index contributed by atoms with van der Waals surface area (Å²) in [7, 11) is 1.78. The molecule has 2 aliphatic rings. The summed E-state index contributed by atoms with van der Waals surface area (Å²) in [6, 6.07) is 12.7. The maximum atomic E-state index is 12.4. The van der Waals surface area contributed by atoms with E-state index in [0.29, 0.717) is 11.3 Å². The molecule has 0 N–H and O–H groups in total. The summed E-state index contributed by atoms with van der Waals surface area (Å²) in [6.07, 6.45) is -0.631. The monoisotopic (exact) mass is 358 g/mol. The molecule has 4 rings (SSSR count). The first-order valence-electron chi connectivity index (χ1n) is 6.75. The van der Waals surface area contributed by atoms with Crippen LogP contribution in [-0.4, -0.2) is 18.7 Å². The molecule has 2 heterocycles. The third-order valence-electron chi connectivity index (χ3n) is 3.91. The van der Waals surface area contributed by atoms with Gasteiger partial charge in [-0.1, -0.05) is 34.1 Å². The normalized spacial score (nSPS) is 19.6. The Morgan fingerprint density at radius 2 is 1.86 bits per heavy atom. The fraction of sp³-hybridized carbons (Fsp3) is 0.125. The van der Waals surface area contributed by atoms with Crippen LogP contribution in [0.15, 0.2) is 46.9 Å². The molecule has 0 aromatic heterocycles. The molecule has 6 heteroatoms. The summed E-state index contributed by atoms with van der Waals surface area (Å²) in [4.78, 5) is 31.8. The minimum Gasteiger partial charge on any atom is -0.283 e. The molecule has 2 aliphatic heterocycles. The molecule has 0 spiro atoms. The highest BCUT2D eigenvalue weighted by molar-refractivity contribution is 9.10. The van der Waals surface area contributed by atoms with Gasteiger partial charge >= 0.3 is 5.91 Å². The largest absolute Gasteiger partial charge is 0.301 e. The van der Waals surface area contributed by atoms with Crippen molar-refractivity contribution in [3.8, 4) is 0 Å². The number of nitrogens with zero attached hydrogens (tertiary/aromatic N) is 2. The zero-order valence-corrected chi connectivity index (χ0v) is 13.2. The zero-order valence-electron chi connectivity index (χ0n) is 11.6. The minimum atomic E-state index is -0.631. The number of hydrogen-bond acceptors (Lipinski definition) is 4. The summed E-state index contributed by atoms with van der Waals surface area (Å²) in [6.45, 7) is 0. The van der Waals surface area contributed by atoms with E-state index < -0.39 is 17.9 Å². The van der Waals surface area contributed by atoms with E-state index in [0.717, 1.165) is 15.7 Å².